The van der Waals surface area contributed by atoms with Gasteiger partial charge in [-0.25, -0.2) is 8.42 Å². The van der Waals surface area contributed by atoms with Gasteiger partial charge in [0.15, 0.2) is 0 Å². The van der Waals surface area contributed by atoms with Gasteiger partial charge in [0.1, 0.15) is 0 Å². The van der Waals surface area contributed by atoms with Crippen molar-refractivity contribution in [2.24, 2.45) is 0 Å². The molecule has 1 aliphatic heterocycles. The molecule has 0 bridgehead atoms. The van der Waals surface area contributed by atoms with E-state index in [1.165, 1.54) is 6.07 Å². The zero-order valence-electron chi connectivity index (χ0n) is 16.6. The largest absolute Gasteiger partial charge is 0.305 e. The zero-order chi connectivity index (χ0) is 21.5. The van der Waals surface area contributed by atoms with Crippen LogP contribution in [0.2, 0.25) is 5.02 Å². The number of carbonyl (C=O) groups is 1. The maximum atomic E-state index is 13.2. The molecule has 1 aliphatic rings. The molecule has 3 aromatic rings. The molecule has 1 heterocycles. The van der Waals surface area contributed by atoms with Crippen molar-refractivity contribution in [2.45, 2.75) is 31.2 Å². The van der Waals surface area contributed by atoms with Gasteiger partial charge in [0.2, 0.25) is 0 Å². The summed E-state index contributed by atoms with van der Waals surface area (Å²) in [5, 5.41) is 0.195. The third-order valence-corrected chi connectivity index (χ3v) is 6.92. The molecule has 0 aliphatic carbocycles. The summed E-state index contributed by atoms with van der Waals surface area (Å²) < 4.78 is 27.7. The summed E-state index contributed by atoms with van der Waals surface area (Å²) in [5.74, 6) is -0.203. The monoisotopic (exact) mass is 440 g/mol. The molecule has 1 amide bonds. The number of para-hydroxylation sites is 1. The predicted octanol–water partition coefficient (Wildman–Crippen LogP) is 5.04. The van der Waals surface area contributed by atoms with Gasteiger partial charge in [0.05, 0.1) is 21.2 Å². The van der Waals surface area contributed by atoms with E-state index in [2.05, 4.69) is 4.72 Å². The molecule has 3 aromatic carbocycles. The molecule has 1 atom stereocenters. The number of rotatable bonds is 4. The van der Waals surface area contributed by atoms with Crippen LogP contribution in [0.4, 0.5) is 11.4 Å². The van der Waals surface area contributed by atoms with Crippen LogP contribution < -0.4 is 9.62 Å². The van der Waals surface area contributed by atoms with Crippen LogP contribution in [-0.4, -0.2) is 20.4 Å². The molecule has 0 spiro atoms. The van der Waals surface area contributed by atoms with Gasteiger partial charge in [-0.2, -0.15) is 0 Å². The Labute approximate surface area is 181 Å². The summed E-state index contributed by atoms with van der Waals surface area (Å²) >= 11 is 6.39. The van der Waals surface area contributed by atoms with Crippen LogP contribution in [0.1, 0.15) is 28.4 Å². The average molecular weight is 441 g/mol. The van der Waals surface area contributed by atoms with Gasteiger partial charge >= 0.3 is 0 Å². The third-order valence-electron chi connectivity index (χ3n) is 5.21. The highest BCUT2D eigenvalue weighted by Gasteiger charge is 2.32. The van der Waals surface area contributed by atoms with Crippen molar-refractivity contribution in [3.05, 3.63) is 88.4 Å². The van der Waals surface area contributed by atoms with Crippen molar-refractivity contribution in [1.82, 2.24) is 0 Å². The van der Waals surface area contributed by atoms with Crippen LogP contribution >= 0.6 is 11.6 Å². The van der Waals surface area contributed by atoms with Gasteiger partial charge in [0.25, 0.3) is 15.9 Å². The summed E-state index contributed by atoms with van der Waals surface area (Å²) in [6.45, 7) is 3.88. The first-order valence-electron chi connectivity index (χ1n) is 9.57. The van der Waals surface area contributed by atoms with Gasteiger partial charge < -0.3 is 4.90 Å². The van der Waals surface area contributed by atoms with Crippen LogP contribution in [-0.2, 0) is 16.4 Å². The van der Waals surface area contributed by atoms with E-state index < -0.39 is 10.0 Å². The summed E-state index contributed by atoms with van der Waals surface area (Å²) in [6.07, 6.45) is 0.786. The standard InChI is InChI=1S/C23H21ClN2O3S/c1-15-7-10-19(11-8-15)30(28,29)25-18-9-12-20(21(24)14-18)23(27)26-16(2)13-17-5-3-4-6-22(17)26/h3-12,14,16,25H,13H2,1-2H3/t16-/m1/s1. The quantitative estimate of drug-likeness (QED) is 0.618. The van der Waals surface area contributed by atoms with E-state index in [0.29, 0.717) is 11.3 Å². The van der Waals surface area contributed by atoms with Gasteiger partial charge in [-0.3, -0.25) is 9.52 Å². The second-order valence-electron chi connectivity index (χ2n) is 7.47. The van der Waals surface area contributed by atoms with Gasteiger partial charge in [-0.1, -0.05) is 47.5 Å². The first-order chi connectivity index (χ1) is 14.3. The minimum Gasteiger partial charge on any atom is -0.305 e. The number of hydrogen-bond donors (Lipinski definition) is 1. The van der Waals surface area contributed by atoms with Crippen LogP contribution in [0.5, 0.6) is 0 Å². The first-order valence-corrected chi connectivity index (χ1v) is 11.4. The van der Waals surface area contributed by atoms with Crippen molar-refractivity contribution in [3.63, 3.8) is 0 Å². The van der Waals surface area contributed by atoms with E-state index in [4.69, 9.17) is 11.6 Å². The fourth-order valence-corrected chi connectivity index (χ4v) is 5.00. The lowest BCUT2D eigenvalue weighted by atomic mass is 10.1. The molecule has 0 radical (unpaired) electrons. The fraction of sp³-hybridized carbons (Fsp3) is 0.174. The van der Waals surface area contributed by atoms with Gasteiger partial charge in [-0.15, -0.1) is 0 Å². The average Bonchev–Trinajstić information content (AvgIpc) is 3.03. The van der Waals surface area contributed by atoms with Crippen molar-refractivity contribution < 1.29 is 13.2 Å². The fourth-order valence-electron chi connectivity index (χ4n) is 3.69. The van der Waals surface area contributed by atoms with E-state index in [1.807, 2.05) is 38.1 Å². The highest BCUT2D eigenvalue weighted by atomic mass is 35.5. The lowest BCUT2D eigenvalue weighted by molar-refractivity contribution is 0.0981. The van der Waals surface area contributed by atoms with E-state index in [-0.39, 0.29) is 21.9 Å². The minimum atomic E-state index is -3.75. The first kappa shape index (κ1) is 20.4. The maximum absolute atomic E-state index is 13.2. The minimum absolute atomic E-state index is 0.0192. The van der Waals surface area contributed by atoms with Crippen LogP contribution in [0, 0.1) is 6.92 Å². The Hall–Kier alpha value is -2.83. The SMILES string of the molecule is Cc1ccc(S(=O)(=O)Nc2ccc(C(=O)N3c4ccccc4C[C@H]3C)c(Cl)c2)cc1. The number of halogens is 1. The number of nitrogens with one attached hydrogen (secondary N) is 1. The van der Waals surface area contributed by atoms with E-state index >= 15 is 0 Å². The van der Waals surface area contributed by atoms with Gasteiger partial charge in [0, 0.05) is 11.7 Å². The molecule has 0 aromatic heterocycles. The molecule has 0 saturated heterocycles. The number of nitrogens with zero attached hydrogens (tertiary/aromatic N) is 1. The van der Waals surface area contributed by atoms with Crippen LogP contribution in [0.25, 0.3) is 0 Å². The zero-order valence-corrected chi connectivity index (χ0v) is 18.2. The number of carbonyl (C=O) groups excluding carboxylic acids is 1. The summed E-state index contributed by atoms with van der Waals surface area (Å²) in [4.78, 5) is 15.1. The van der Waals surface area contributed by atoms with Crippen molar-refractivity contribution in [1.29, 1.82) is 0 Å². The Morgan fingerprint density at radius 3 is 2.47 bits per heavy atom. The van der Waals surface area contributed by atoms with E-state index in [0.717, 1.165) is 23.2 Å². The van der Waals surface area contributed by atoms with Crippen LogP contribution in [0.3, 0.4) is 0 Å². The second-order valence-corrected chi connectivity index (χ2v) is 9.56. The second kappa shape index (κ2) is 7.78. The number of hydrogen-bond acceptors (Lipinski definition) is 3. The molecule has 30 heavy (non-hydrogen) atoms. The maximum Gasteiger partial charge on any atom is 0.261 e. The Balaban J connectivity index is 1.59. The third kappa shape index (κ3) is 3.80. The molecule has 4 rings (SSSR count). The molecular formula is C23H21ClN2O3S. The summed E-state index contributed by atoms with van der Waals surface area (Å²) in [7, 11) is -3.75. The molecule has 7 heteroatoms. The number of amides is 1. The number of fused-ring (bicyclic) bond motifs is 1. The van der Waals surface area contributed by atoms with Crippen molar-refractivity contribution >= 4 is 38.9 Å². The number of anilines is 2. The van der Waals surface area contributed by atoms with Crippen LogP contribution in [0.15, 0.2) is 71.6 Å². The van der Waals surface area contributed by atoms with Crippen molar-refractivity contribution in [2.75, 3.05) is 9.62 Å². The number of sulfonamides is 1. The molecule has 0 saturated carbocycles. The highest BCUT2D eigenvalue weighted by molar-refractivity contribution is 7.92. The molecule has 0 fully saturated rings. The van der Waals surface area contributed by atoms with E-state index in [9.17, 15) is 13.2 Å². The topological polar surface area (TPSA) is 66.5 Å². The highest BCUT2D eigenvalue weighted by Crippen LogP contribution is 2.34. The van der Waals surface area contributed by atoms with Crippen molar-refractivity contribution in [3.8, 4) is 0 Å². The Morgan fingerprint density at radius 2 is 1.77 bits per heavy atom. The number of aryl methyl sites for hydroxylation is 1. The summed E-state index contributed by atoms with van der Waals surface area (Å²) in [5.41, 5.74) is 3.61. The Kier molecular flexibility index (Phi) is 5.30. The lowest BCUT2D eigenvalue weighted by Crippen LogP contribution is -2.35. The Morgan fingerprint density at radius 1 is 1.07 bits per heavy atom. The lowest BCUT2D eigenvalue weighted by Gasteiger charge is -2.23. The molecular weight excluding hydrogens is 420 g/mol. The smallest absolute Gasteiger partial charge is 0.261 e. The molecule has 0 unspecified atom stereocenters. The normalized spacial score (nSPS) is 15.7. The van der Waals surface area contributed by atoms with Gasteiger partial charge in [-0.05, 0) is 62.2 Å². The molecule has 5 nitrogen and oxygen atoms in total. The summed E-state index contributed by atoms with van der Waals surface area (Å²) in [6, 6.07) is 19.0. The number of benzene rings is 3. The Bertz CT molecular complexity index is 1220. The molecule has 154 valence electrons. The van der Waals surface area contributed by atoms with E-state index in [1.54, 1.807) is 41.3 Å². The predicted molar refractivity (Wildman–Crippen MR) is 120 cm³/mol. The molecule has 1 N–H and O–H groups in total.